The van der Waals surface area contributed by atoms with Crippen LogP contribution in [-0.4, -0.2) is 59.3 Å². The third-order valence-electron chi connectivity index (χ3n) is 4.69. The Hall–Kier alpha value is -1.49. The maximum Gasteiger partial charge on any atom is 0.410 e. The number of rotatable bonds is 4. The fraction of sp³-hybridized carbons (Fsp3) is 0.688. The Balaban J connectivity index is 1.46. The van der Waals surface area contributed by atoms with Crippen LogP contribution in [0.2, 0.25) is 0 Å². The highest BCUT2D eigenvalue weighted by atomic mass is 16.6. The average molecular weight is 291 g/mol. The number of carbonyl (C=O) groups is 1. The molecule has 1 amide bonds. The van der Waals surface area contributed by atoms with E-state index in [1.807, 2.05) is 7.05 Å². The largest absolute Gasteiger partial charge is 0.441 e. The van der Waals surface area contributed by atoms with Crippen molar-refractivity contribution in [3.63, 3.8) is 0 Å². The van der Waals surface area contributed by atoms with E-state index in [9.17, 15) is 4.79 Å². The molecular formula is C16H25N3O2. The van der Waals surface area contributed by atoms with Crippen LogP contribution < -0.4 is 0 Å². The Morgan fingerprint density at radius 1 is 1.19 bits per heavy atom. The van der Waals surface area contributed by atoms with Crippen molar-refractivity contribution in [3.05, 3.63) is 24.5 Å². The molecule has 3 rings (SSSR count). The molecule has 3 heterocycles. The highest BCUT2D eigenvalue weighted by Gasteiger charge is 2.44. The molecule has 2 aliphatic heterocycles. The first-order valence-electron chi connectivity index (χ1n) is 7.94. The van der Waals surface area contributed by atoms with Gasteiger partial charge in [-0.1, -0.05) is 0 Å². The molecular weight excluding hydrogens is 266 g/mol. The van der Waals surface area contributed by atoms with E-state index in [1.54, 1.807) is 4.90 Å². The SMILES string of the molecule is CN1CC2(CCCN(CCCn3cccc3)CC2)OC1=O. The summed E-state index contributed by atoms with van der Waals surface area (Å²) in [6.45, 7) is 5.11. The zero-order valence-corrected chi connectivity index (χ0v) is 12.8. The number of hydrogen-bond donors (Lipinski definition) is 0. The van der Waals surface area contributed by atoms with Gasteiger partial charge >= 0.3 is 6.09 Å². The number of aromatic nitrogens is 1. The van der Waals surface area contributed by atoms with E-state index in [2.05, 4.69) is 34.0 Å². The van der Waals surface area contributed by atoms with E-state index in [-0.39, 0.29) is 11.7 Å². The summed E-state index contributed by atoms with van der Waals surface area (Å²) in [5.74, 6) is 0. The van der Waals surface area contributed by atoms with Gasteiger partial charge in [0, 0.05) is 39.0 Å². The molecule has 2 fully saturated rings. The number of amides is 1. The quantitative estimate of drug-likeness (QED) is 0.853. The summed E-state index contributed by atoms with van der Waals surface area (Å²) in [4.78, 5) is 15.9. The van der Waals surface area contributed by atoms with Gasteiger partial charge < -0.3 is 19.1 Å². The first kappa shape index (κ1) is 14.4. The lowest BCUT2D eigenvalue weighted by Crippen LogP contribution is -2.35. The molecule has 0 aromatic carbocycles. The highest BCUT2D eigenvalue weighted by molar-refractivity contribution is 5.70. The Kier molecular flexibility index (Phi) is 4.19. The Bertz CT molecular complexity index is 474. The van der Waals surface area contributed by atoms with Crippen molar-refractivity contribution in [1.82, 2.24) is 14.4 Å². The van der Waals surface area contributed by atoms with Crippen molar-refractivity contribution in [1.29, 1.82) is 0 Å². The second kappa shape index (κ2) is 6.10. The van der Waals surface area contributed by atoms with E-state index in [0.717, 1.165) is 52.0 Å². The number of hydrogen-bond acceptors (Lipinski definition) is 3. The zero-order valence-electron chi connectivity index (χ0n) is 12.8. The van der Waals surface area contributed by atoms with Crippen LogP contribution in [0, 0.1) is 0 Å². The van der Waals surface area contributed by atoms with Crippen LogP contribution in [0.15, 0.2) is 24.5 Å². The molecule has 0 bridgehead atoms. The van der Waals surface area contributed by atoms with Gasteiger partial charge in [-0.2, -0.15) is 0 Å². The standard InChI is InChI=1S/C16H25N3O2/c1-17-14-16(21-15(17)20)6-4-10-19(13-7-16)12-5-11-18-8-2-3-9-18/h2-3,8-9H,4-7,10-14H2,1H3. The van der Waals surface area contributed by atoms with Gasteiger partial charge in [0.1, 0.15) is 5.60 Å². The van der Waals surface area contributed by atoms with Gasteiger partial charge in [-0.05, 0) is 44.5 Å². The maximum absolute atomic E-state index is 11.6. The third-order valence-corrected chi connectivity index (χ3v) is 4.69. The minimum atomic E-state index is -0.221. The van der Waals surface area contributed by atoms with E-state index >= 15 is 0 Å². The Morgan fingerprint density at radius 3 is 2.71 bits per heavy atom. The van der Waals surface area contributed by atoms with E-state index < -0.39 is 0 Å². The average Bonchev–Trinajstić information content (AvgIpc) is 3.00. The molecule has 0 N–H and O–H groups in total. The molecule has 1 aromatic heterocycles. The Labute approximate surface area is 126 Å². The molecule has 0 saturated carbocycles. The number of carbonyl (C=O) groups excluding carboxylic acids is 1. The van der Waals surface area contributed by atoms with Crippen molar-refractivity contribution in [2.24, 2.45) is 0 Å². The second-order valence-electron chi connectivity index (χ2n) is 6.38. The molecule has 5 heteroatoms. The normalized spacial score (nSPS) is 27.1. The van der Waals surface area contributed by atoms with Gasteiger partial charge in [-0.3, -0.25) is 0 Å². The Morgan fingerprint density at radius 2 is 2.00 bits per heavy atom. The molecule has 0 aliphatic carbocycles. The van der Waals surface area contributed by atoms with Crippen LogP contribution in [0.1, 0.15) is 25.7 Å². The minimum absolute atomic E-state index is 0.156. The van der Waals surface area contributed by atoms with Crippen LogP contribution >= 0.6 is 0 Å². The molecule has 0 radical (unpaired) electrons. The van der Waals surface area contributed by atoms with E-state index in [4.69, 9.17) is 4.74 Å². The predicted molar refractivity (Wildman–Crippen MR) is 81.2 cm³/mol. The highest BCUT2D eigenvalue weighted by Crippen LogP contribution is 2.32. The smallest absolute Gasteiger partial charge is 0.410 e. The number of likely N-dealkylation sites (N-methyl/N-ethyl adjacent to an activating group) is 1. The van der Waals surface area contributed by atoms with Crippen molar-refractivity contribution in [2.75, 3.05) is 33.2 Å². The molecule has 1 aromatic rings. The van der Waals surface area contributed by atoms with Crippen LogP contribution in [0.5, 0.6) is 0 Å². The maximum atomic E-state index is 11.6. The zero-order chi connectivity index (χ0) is 14.7. The second-order valence-corrected chi connectivity index (χ2v) is 6.38. The lowest BCUT2D eigenvalue weighted by molar-refractivity contribution is 0.0444. The van der Waals surface area contributed by atoms with Crippen LogP contribution in [0.25, 0.3) is 0 Å². The first-order valence-corrected chi connectivity index (χ1v) is 7.94. The van der Waals surface area contributed by atoms with Crippen molar-refractivity contribution < 1.29 is 9.53 Å². The lowest BCUT2D eigenvalue weighted by Gasteiger charge is -2.25. The van der Waals surface area contributed by atoms with Crippen LogP contribution in [0.4, 0.5) is 4.79 Å². The predicted octanol–water partition coefficient (Wildman–Crippen LogP) is 2.18. The minimum Gasteiger partial charge on any atom is -0.441 e. The lowest BCUT2D eigenvalue weighted by atomic mass is 9.95. The number of likely N-dealkylation sites (tertiary alicyclic amines) is 1. The topological polar surface area (TPSA) is 37.7 Å². The molecule has 2 aliphatic rings. The van der Waals surface area contributed by atoms with Crippen molar-refractivity contribution in [3.8, 4) is 0 Å². The van der Waals surface area contributed by atoms with Crippen molar-refractivity contribution in [2.45, 2.75) is 37.8 Å². The molecule has 2 saturated heterocycles. The van der Waals surface area contributed by atoms with Gasteiger partial charge in [-0.25, -0.2) is 4.79 Å². The van der Waals surface area contributed by atoms with E-state index in [0.29, 0.717) is 0 Å². The summed E-state index contributed by atoms with van der Waals surface area (Å²) < 4.78 is 7.88. The summed E-state index contributed by atoms with van der Waals surface area (Å²) >= 11 is 0. The number of nitrogens with zero attached hydrogens (tertiary/aromatic N) is 3. The summed E-state index contributed by atoms with van der Waals surface area (Å²) in [5.41, 5.74) is -0.221. The first-order chi connectivity index (χ1) is 10.2. The fourth-order valence-electron chi connectivity index (χ4n) is 3.50. The van der Waals surface area contributed by atoms with Gasteiger partial charge in [0.25, 0.3) is 0 Å². The summed E-state index contributed by atoms with van der Waals surface area (Å²) in [7, 11) is 1.83. The van der Waals surface area contributed by atoms with Crippen LogP contribution in [-0.2, 0) is 11.3 Å². The molecule has 5 nitrogen and oxygen atoms in total. The van der Waals surface area contributed by atoms with Crippen molar-refractivity contribution >= 4 is 6.09 Å². The van der Waals surface area contributed by atoms with Gasteiger partial charge in [-0.15, -0.1) is 0 Å². The number of aryl methyl sites for hydroxylation is 1. The fourth-order valence-corrected chi connectivity index (χ4v) is 3.50. The molecule has 1 atom stereocenters. The molecule has 21 heavy (non-hydrogen) atoms. The van der Waals surface area contributed by atoms with Gasteiger partial charge in [0.05, 0.1) is 6.54 Å². The monoisotopic (exact) mass is 291 g/mol. The van der Waals surface area contributed by atoms with Crippen LogP contribution in [0.3, 0.4) is 0 Å². The molecule has 1 unspecified atom stereocenters. The summed E-state index contributed by atoms with van der Waals surface area (Å²) in [6, 6.07) is 4.14. The summed E-state index contributed by atoms with van der Waals surface area (Å²) in [6.07, 6.45) is 8.32. The van der Waals surface area contributed by atoms with Gasteiger partial charge in [0.15, 0.2) is 0 Å². The van der Waals surface area contributed by atoms with Gasteiger partial charge in [0.2, 0.25) is 0 Å². The molecule has 1 spiro atoms. The number of ether oxygens (including phenoxy) is 1. The molecule has 116 valence electrons. The third kappa shape index (κ3) is 3.40. The van der Waals surface area contributed by atoms with E-state index in [1.165, 1.54) is 6.42 Å². The summed E-state index contributed by atoms with van der Waals surface area (Å²) in [5, 5.41) is 0.